The molecule has 2 unspecified atom stereocenters. The Morgan fingerprint density at radius 1 is 0.979 bits per heavy atom. The zero-order valence-electron chi connectivity index (χ0n) is 26.9. The zero-order chi connectivity index (χ0) is 33.5. The predicted octanol–water partition coefficient (Wildman–Crippen LogP) is 7.24. The second-order valence-corrected chi connectivity index (χ2v) is 11.8. The number of nitrogens with zero attached hydrogens (tertiary/aromatic N) is 1. The lowest BCUT2D eigenvalue weighted by Gasteiger charge is -2.23. The van der Waals surface area contributed by atoms with Crippen molar-refractivity contribution in [3.63, 3.8) is 0 Å². The number of rotatable bonds is 10. The summed E-state index contributed by atoms with van der Waals surface area (Å²) in [5.74, 6) is -3.34. The van der Waals surface area contributed by atoms with Crippen LogP contribution in [0.15, 0.2) is 72.9 Å². The topological polar surface area (TPSA) is 93.2 Å². The fraction of sp³-hybridized carbons (Fsp3) is 0.263. The molecule has 7 nitrogen and oxygen atoms in total. The number of nitrogens with one attached hydrogen (secondary N) is 1. The number of hydrogen-bond acceptors (Lipinski definition) is 6. The number of hydrogen-bond donors (Lipinski definition) is 2. The van der Waals surface area contributed by atoms with Crippen molar-refractivity contribution in [3.05, 3.63) is 113 Å². The summed E-state index contributed by atoms with van der Waals surface area (Å²) in [6.07, 6.45) is 1.73. The highest BCUT2D eigenvalue weighted by molar-refractivity contribution is 6.01. The van der Waals surface area contributed by atoms with Crippen LogP contribution in [0.4, 0.5) is 8.78 Å². The molecule has 5 aromatic rings. The molecule has 2 atom stereocenters. The first kappa shape index (κ1) is 32.1. The van der Waals surface area contributed by atoms with Gasteiger partial charge in [0.05, 0.1) is 25.3 Å². The van der Waals surface area contributed by atoms with Gasteiger partial charge in [-0.05, 0) is 91.4 Å². The molecule has 0 bridgehead atoms. The number of halogens is 2. The minimum absolute atomic E-state index is 0.0365. The molecule has 6 rings (SSSR count). The number of aryl methyl sites for hydroxylation is 3. The summed E-state index contributed by atoms with van der Waals surface area (Å²) in [6.45, 7) is 7.87. The van der Waals surface area contributed by atoms with Crippen LogP contribution in [-0.2, 0) is 11.2 Å². The number of amides is 1. The van der Waals surface area contributed by atoms with E-state index < -0.39 is 34.9 Å². The van der Waals surface area contributed by atoms with E-state index in [1.807, 2.05) is 62.4 Å². The van der Waals surface area contributed by atoms with Gasteiger partial charge in [-0.3, -0.25) is 9.78 Å². The zero-order valence-corrected chi connectivity index (χ0v) is 26.9. The largest absolute Gasteiger partial charge is 0.496 e. The van der Waals surface area contributed by atoms with Gasteiger partial charge in [0.15, 0.2) is 0 Å². The summed E-state index contributed by atoms with van der Waals surface area (Å²) in [6, 6.07) is 18.6. The van der Waals surface area contributed by atoms with Crippen molar-refractivity contribution < 1.29 is 32.9 Å². The van der Waals surface area contributed by atoms with Crippen LogP contribution in [0, 0.1) is 32.4 Å². The Kier molecular flexibility index (Phi) is 8.70. The molecule has 2 heterocycles. The Morgan fingerprint density at radius 3 is 2.43 bits per heavy atom. The van der Waals surface area contributed by atoms with E-state index in [9.17, 15) is 9.90 Å². The van der Waals surface area contributed by atoms with Crippen molar-refractivity contribution in [1.29, 1.82) is 0 Å². The molecule has 242 valence electrons. The second kappa shape index (κ2) is 12.7. The highest BCUT2D eigenvalue weighted by Crippen LogP contribution is 2.44. The van der Waals surface area contributed by atoms with Crippen LogP contribution in [0.5, 0.6) is 11.5 Å². The van der Waals surface area contributed by atoms with E-state index in [1.54, 1.807) is 33.2 Å². The number of epoxide rings is 1. The number of aromatic nitrogens is 1. The molecular weight excluding hydrogens is 602 g/mol. The van der Waals surface area contributed by atoms with Crippen LogP contribution in [0.3, 0.4) is 0 Å². The Balaban J connectivity index is 1.39. The maximum absolute atomic E-state index is 16.0. The smallest absolute Gasteiger partial charge is 0.257 e. The van der Waals surface area contributed by atoms with Gasteiger partial charge < -0.3 is 24.6 Å². The molecule has 1 aromatic heterocycles. The first-order valence-corrected chi connectivity index (χ1v) is 15.5. The van der Waals surface area contributed by atoms with Gasteiger partial charge in [-0.15, -0.1) is 0 Å². The quantitative estimate of drug-likeness (QED) is 0.157. The molecule has 1 saturated heterocycles. The second-order valence-electron chi connectivity index (χ2n) is 11.8. The Hall–Kier alpha value is -4.86. The van der Waals surface area contributed by atoms with Crippen LogP contribution in [0.1, 0.15) is 39.7 Å². The van der Waals surface area contributed by atoms with E-state index in [1.165, 1.54) is 6.07 Å². The lowest BCUT2D eigenvalue weighted by molar-refractivity contribution is 0.00176. The lowest BCUT2D eigenvalue weighted by Crippen LogP contribution is -2.47. The van der Waals surface area contributed by atoms with Crippen molar-refractivity contribution >= 4 is 16.7 Å². The van der Waals surface area contributed by atoms with E-state index in [0.717, 1.165) is 50.4 Å². The van der Waals surface area contributed by atoms with Gasteiger partial charge in [-0.2, -0.15) is 0 Å². The van der Waals surface area contributed by atoms with Gasteiger partial charge in [0.1, 0.15) is 35.3 Å². The Bertz CT molecular complexity index is 1990. The van der Waals surface area contributed by atoms with E-state index in [-0.39, 0.29) is 18.6 Å². The maximum Gasteiger partial charge on any atom is 0.257 e. The minimum atomic E-state index is -1.70. The van der Waals surface area contributed by atoms with E-state index in [2.05, 4.69) is 10.3 Å². The molecular formula is C38H36F2N2O5. The average Bonchev–Trinajstić information content (AvgIpc) is 3.80. The van der Waals surface area contributed by atoms with Crippen molar-refractivity contribution in [2.75, 3.05) is 20.3 Å². The number of fused-ring (bicyclic) bond motifs is 1. The number of methoxy groups -OCH3 is 1. The summed E-state index contributed by atoms with van der Waals surface area (Å²) in [4.78, 5) is 17.9. The summed E-state index contributed by atoms with van der Waals surface area (Å²) >= 11 is 0. The first-order valence-electron chi connectivity index (χ1n) is 15.5. The number of carbonyl (C=O) groups is 1. The van der Waals surface area contributed by atoms with Crippen molar-refractivity contribution in [2.45, 2.75) is 45.9 Å². The third kappa shape index (κ3) is 5.92. The number of aliphatic hydroxyl groups is 1. The molecule has 4 aromatic carbocycles. The Morgan fingerprint density at radius 2 is 1.72 bits per heavy atom. The van der Waals surface area contributed by atoms with E-state index in [4.69, 9.17) is 14.2 Å². The van der Waals surface area contributed by atoms with Gasteiger partial charge in [0.25, 0.3) is 5.91 Å². The van der Waals surface area contributed by atoms with Gasteiger partial charge in [0.2, 0.25) is 5.79 Å². The predicted molar refractivity (Wildman–Crippen MR) is 177 cm³/mol. The molecule has 0 radical (unpaired) electrons. The monoisotopic (exact) mass is 638 g/mol. The standard InChI is InChI=1S/C38H36F2N2O5/c1-6-46-36-22(3)13-16-30(45-5)33(36)27-12-8-10-25-24(9-7-11-26(25)27)19-31(38(44)20-47-38)42-37(43)34-29(39)15-14-28(35(34)40)32-21(2)17-18-41-23(32)4/h7-18,31,44H,6,19-20H2,1-5H3,(H,42,43). The Labute approximate surface area is 272 Å². The third-order valence-corrected chi connectivity index (χ3v) is 8.76. The van der Waals surface area contributed by atoms with Gasteiger partial charge >= 0.3 is 0 Å². The summed E-state index contributed by atoms with van der Waals surface area (Å²) in [5, 5.41) is 15.6. The lowest BCUT2D eigenvalue weighted by atomic mass is 9.90. The molecule has 9 heteroatoms. The number of ether oxygens (including phenoxy) is 3. The molecule has 0 aliphatic carbocycles. The van der Waals surface area contributed by atoms with E-state index >= 15 is 8.78 Å². The first-order chi connectivity index (χ1) is 22.6. The van der Waals surface area contributed by atoms with Crippen LogP contribution in [-0.4, -0.2) is 48.2 Å². The average molecular weight is 639 g/mol. The highest BCUT2D eigenvalue weighted by atomic mass is 19.1. The summed E-state index contributed by atoms with van der Waals surface area (Å²) in [7, 11) is 1.62. The normalized spacial score (nSPS) is 16.2. The maximum atomic E-state index is 16.0. The fourth-order valence-electron chi connectivity index (χ4n) is 6.30. The van der Waals surface area contributed by atoms with Gasteiger partial charge in [0, 0.05) is 23.0 Å². The van der Waals surface area contributed by atoms with Crippen molar-refractivity contribution in [1.82, 2.24) is 10.3 Å². The SMILES string of the molecule is CCOc1c(C)ccc(OC)c1-c1cccc2c(CC(NC(=O)c3c(F)ccc(-c4c(C)ccnc4C)c3F)C3(O)CO3)cccc12. The van der Waals surface area contributed by atoms with Crippen molar-refractivity contribution in [3.8, 4) is 33.8 Å². The number of benzene rings is 4. The molecule has 0 saturated carbocycles. The van der Waals surface area contributed by atoms with Gasteiger partial charge in [-0.25, -0.2) is 8.78 Å². The molecule has 1 aliphatic heterocycles. The van der Waals surface area contributed by atoms with Crippen LogP contribution < -0.4 is 14.8 Å². The molecule has 2 N–H and O–H groups in total. The molecule has 47 heavy (non-hydrogen) atoms. The summed E-state index contributed by atoms with van der Waals surface area (Å²) in [5.41, 5.74) is 4.56. The molecule has 1 amide bonds. The van der Waals surface area contributed by atoms with Gasteiger partial charge in [-0.1, -0.05) is 42.5 Å². The summed E-state index contributed by atoms with van der Waals surface area (Å²) < 4.78 is 48.3. The van der Waals surface area contributed by atoms with Crippen LogP contribution >= 0.6 is 0 Å². The van der Waals surface area contributed by atoms with Crippen LogP contribution in [0.25, 0.3) is 33.0 Å². The van der Waals surface area contributed by atoms with Crippen LogP contribution in [0.2, 0.25) is 0 Å². The van der Waals surface area contributed by atoms with Crippen molar-refractivity contribution in [2.24, 2.45) is 0 Å². The van der Waals surface area contributed by atoms with E-state index in [0.29, 0.717) is 23.6 Å². The number of pyridine rings is 1. The molecule has 1 fully saturated rings. The minimum Gasteiger partial charge on any atom is -0.496 e. The molecule has 0 spiro atoms. The molecule has 1 aliphatic rings. The third-order valence-electron chi connectivity index (χ3n) is 8.76. The number of carbonyl (C=O) groups excluding carboxylic acids is 1. The fourth-order valence-corrected chi connectivity index (χ4v) is 6.30. The highest BCUT2D eigenvalue weighted by Gasteiger charge is 2.51.